The number of nitrogens with zero attached hydrogens (tertiary/aromatic N) is 2. The highest BCUT2D eigenvalue weighted by molar-refractivity contribution is 7.99. The second-order valence-electron chi connectivity index (χ2n) is 3.42. The molecule has 1 heterocycles. The number of hydrogen-bond acceptors (Lipinski definition) is 5. The average molecular weight is 240 g/mol. The largest absolute Gasteiger partial charge is 0.382 e. The highest BCUT2D eigenvalue weighted by Gasteiger charge is 2.07. The van der Waals surface area contributed by atoms with Gasteiger partial charge in [0.2, 0.25) is 0 Å². The van der Waals surface area contributed by atoms with Crippen molar-refractivity contribution in [1.29, 1.82) is 0 Å². The van der Waals surface area contributed by atoms with Crippen molar-refractivity contribution in [3.05, 3.63) is 18.1 Å². The molecule has 0 aliphatic rings. The summed E-state index contributed by atoms with van der Waals surface area (Å²) in [5.41, 5.74) is 5.67. The van der Waals surface area contributed by atoms with Crippen molar-refractivity contribution in [1.82, 2.24) is 15.3 Å². The minimum absolute atomic E-state index is 0.208. The molecule has 0 saturated heterocycles. The molecule has 0 radical (unpaired) electrons. The maximum absolute atomic E-state index is 11.6. The van der Waals surface area contributed by atoms with Crippen molar-refractivity contribution in [2.75, 3.05) is 18.5 Å². The average Bonchev–Trinajstić information content (AvgIpc) is 2.29. The van der Waals surface area contributed by atoms with E-state index < -0.39 is 0 Å². The van der Waals surface area contributed by atoms with E-state index in [2.05, 4.69) is 28.5 Å². The second kappa shape index (κ2) is 6.32. The Morgan fingerprint density at radius 2 is 2.31 bits per heavy atom. The van der Waals surface area contributed by atoms with Gasteiger partial charge in [-0.3, -0.25) is 4.79 Å². The Balaban J connectivity index is 2.38. The Morgan fingerprint density at radius 3 is 2.88 bits per heavy atom. The minimum atomic E-state index is -0.208. The van der Waals surface area contributed by atoms with E-state index in [1.54, 1.807) is 11.8 Å². The van der Waals surface area contributed by atoms with E-state index in [9.17, 15) is 4.79 Å². The lowest BCUT2D eigenvalue weighted by Gasteiger charge is -2.08. The third-order valence-corrected chi connectivity index (χ3v) is 3.18. The van der Waals surface area contributed by atoms with Crippen LogP contribution in [0.3, 0.4) is 0 Å². The Bertz CT molecular complexity index is 341. The first kappa shape index (κ1) is 12.8. The Hall–Kier alpha value is -1.30. The summed E-state index contributed by atoms with van der Waals surface area (Å²) in [4.78, 5) is 19.3. The smallest absolute Gasteiger partial charge is 0.271 e. The first-order chi connectivity index (χ1) is 7.63. The lowest BCUT2D eigenvalue weighted by molar-refractivity contribution is 0.0948. The zero-order chi connectivity index (χ0) is 12.0. The third-order valence-electron chi connectivity index (χ3n) is 2.14. The Kier molecular flexibility index (Phi) is 5.04. The minimum Gasteiger partial charge on any atom is -0.382 e. The molecular weight excluding hydrogens is 224 g/mol. The van der Waals surface area contributed by atoms with Crippen molar-refractivity contribution in [3.63, 3.8) is 0 Å². The molecule has 5 nitrogen and oxygen atoms in total. The van der Waals surface area contributed by atoms with Crippen LogP contribution in [-0.2, 0) is 0 Å². The number of aromatic nitrogens is 2. The van der Waals surface area contributed by atoms with Crippen molar-refractivity contribution in [2.24, 2.45) is 0 Å². The van der Waals surface area contributed by atoms with Crippen LogP contribution in [0.25, 0.3) is 0 Å². The van der Waals surface area contributed by atoms with Crippen LogP contribution in [-0.4, -0.2) is 33.9 Å². The molecule has 0 bridgehead atoms. The fraction of sp³-hybridized carbons (Fsp3) is 0.500. The second-order valence-corrected chi connectivity index (χ2v) is 4.69. The SMILES string of the molecule is CSC(C)CCNC(=O)c1cnc(N)cn1. The maximum atomic E-state index is 11.6. The zero-order valence-electron chi connectivity index (χ0n) is 9.43. The molecule has 88 valence electrons. The number of anilines is 1. The molecule has 0 aliphatic heterocycles. The standard InChI is InChI=1S/C10H16N4OS/c1-7(16-2)3-4-12-10(15)8-5-14-9(11)6-13-8/h5-7H,3-4H2,1-2H3,(H2,11,14)(H,12,15). The van der Waals surface area contributed by atoms with E-state index in [0.717, 1.165) is 6.42 Å². The zero-order valence-corrected chi connectivity index (χ0v) is 10.3. The van der Waals surface area contributed by atoms with E-state index in [-0.39, 0.29) is 5.91 Å². The Labute approximate surface area is 99.2 Å². The van der Waals surface area contributed by atoms with Gasteiger partial charge >= 0.3 is 0 Å². The first-order valence-corrected chi connectivity index (χ1v) is 6.30. The molecule has 0 aromatic carbocycles. The molecular formula is C10H16N4OS. The summed E-state index contributed by atoms with van der Waals surface area (Å²) < 4.78 is 0. The van der Waals surface area contributed by atoms with Gasteiger partial charge in [0.05, 0.1) is 12.4 Å². The summed E-state index contributed by atoms with van der Waals surface area (Å²) in [5.74, 6) is 0.105. The number of nitrogens with two attached hydrogens (primary N) is 1. The number of thioether (sulfide) groups is 1. The molecule has 16 heavy (non-hydrogen) atoms. The number of nitrogen functional groups attached to an aromatic ring is 1. The number of carbonyl (C=O) groups is 1. The molecule has 1 rings (SSSR count). The molecule has 1 unspecified atom stereocenters. The number of amides is 1. The van der Waals surface area contributed by atoms with Gasteiger partial charge in [0.15, 0.2) is 0 Å². The van der Waals surface area contributed by atoms with E-state index in [4.69, 9.17) is 5.73 Å². The lowest BCUT2D eigenvalue weighted by atomic mass is 10.3. The van der Waals surface area contributed by atoms with Crippen LogP contribution in [0.4, 0.5) is 5.82 Å². The van der Waals surface area contributed by atoms with Crippen molar-refractivity contribution in [3.8, 4) is 0 Å². The molecule has 6 heteroatoms. The van der Waals surface area contributed by atoms with Gasteiger partial charge in [0.25, 0.3) is 5.91 Å². The van der Waals surface area contributed by atoms with Crippen molar-refractivity contribution in [2.45, 2.75) is 18.6 Å². The number of hydrogen-bond donors (Lipinski definition) is 2. The fourth-order valence-electron chi connectivity index (χ4n) is 1.05. The fourth-order valence-corrected chi connectivity index (χ4v) is 1.41. The number of nitrogens with one attached hydrogen (secondary N) is 1. The predicted octanol–water partition coefficient (Wildman–Crippen LogP) is 0.930. The normalized spacial score (nSPS) is 12.1. The van der Waals surface area contributed by atoms with Crippen molar-refractivity contribution < 1.29 is 4.79 Å². The molecule has 1 aromatic rings. The molecule has 1 atom stereocenters. The van der Waals surface area contributed by atoms with E-state index in [1.807, 2.05) is 0 Å². The highest BCUT2D eigenvalue weighted by Crippen LogP contribution is 2.08. The summed E-state index contributed by atoms with van der Waals surface area (Å²) in [6.07, 6.45) is 5.75. The Morgan fingerprint density at radius 1 is 1.56 bits per heavy atom. The first-order valence-electron chi connectivity index (χ1n) is 5.02. The van der Waals surface area contributed by atoms with Crippen molar-refractivity contribution >= 4 is 23.5 Å². The van der Waals surface area contributed by atoms with E-state index in [0.29, 0.717) is 23.3 Å². The monoisotopic (exact) mass is 240 g/mol. The van der Waals surface area contributed by atoms with Gasteiger partial charge in [-0.25, -0.2) is 9.97 Å². The third kappa shape index (κ3) is 4.06. The van der Waals surface area contributed by atoms with Crippen LogP contribution in [0.2, 0.25) is 0 Å². The summed E-state index contributed by atoms with van der Waals surface area (Å²) >= 11 is 1.78. The van der Waals surface area contributed by atoms with Gasteiger partial charge in [0.1, 0.15) is 11.5 Å². The topological polar surface area (TPSA) is 80.9 Å². The van der Waals surface area contributed by atoms with E-state index in [1.165, 1.54) is 12.4 Å². The predicted molar refractivity (Wildman–Crippen MR) is 66.4 cm³/mol. The van der Waals surface area contributed by atoms with Crippen LogP contribution >= 0.6 is 11.8 Å². The van der Waals surface area contributed by atoms with E-state index >= 15 is 0 Å². The summed E-state index contributed by atoms with van der Waals surface area (Å²) in [6, 6.07) is 0. The lowest BCUT2D eigenvalue weighted by Crippen LogP contribution is -2.27. The molecule has 0 fully saturated rings. The molecule has 1 aromatic heterocycles. The molecule has 3 N–H and O–H groups in total. The molecule has 0 aliphatic carbocycles. The number of carbonyl (C=O) groups excluding carboxylic acids is 1. The van der Waals surface area contributed by atoms with Gasteiger partial charge in [0, 0.05) is 11.8 Å². The van der Waals surface area contributed by atoms with Gasteiger partial charge in [-0.15, -0.1) is 0 Å². The van der Waals surface area contributed by atoms with Crippen LogP contribution in [0.1, 0.15) is 23.8 Å². The summed E-state index contributed by atoms with van der Waals surface area (Å²) in [5, 5.41) is 3.33. The van der Waals surface area contributed by atoms with Gasteiger partial charge in [-0.1, -0.05) is 6.92 Å². The summed E-state index contributed by atoms with van der Waals surface area (Å²) in [7, 11) is 0. The van der Waals surface area contributed by atoms with Gasteiger partial charge in [-0.05, 0) is 12.7 Å². The quantitative estimate of drug-likeness (QED) is 0.800. The van der Waals surface area contributed by atoms with Gasteiger partial charge < -0.3 is 11.1 Å². The van der Waals surface area contributed by atoms with Crippen LogP contribution in [0.15, 0.2) is 12.4 Å². The maximum Gasteiger partial charge on any atom is 0.271 e. The van der Waals surface area contributed by atoms with Gasteiger partial charge in [-0.2, -0.15) is 11.8 Å². The van der Waals surface area contributed by atoms with Crippen LogP contribution < -0.4 is 11.1 Å². The molecule has 0 spiro atoms. The molecule has 1 amide bonds. The van der Waals surface area contributed by atoms with Crippen LogP contribution in [0.5, 0.6) is 0 Å². The number of rotatable bonds is 5. The van der Waals surface area contributed by atoms with Crippen LogP contribution in [0, 0.1) is 0 Å². The molecule has 0 saturated carbocycles. The summed E-state index contributed by atoms with van der Waals surface area (Å²) in [6.45, 7) is 2.77. The highest BCUT2D eigenvalue weighted by atomic mass is 32.2.